The Morgan fingerprint density at radius 2 is 1.95 bits per heavy atom. The number of pyridine rings is 2. The molecule has 2 aromatic heterocycles. The van der Waals surface area contributed by atoms with Gasteiger partial charge in [-0.3, -0.25) is 9.97 Å². The zero-order valence-electron chi connectivity index (χ0n) is 10.8. The molecular formula is C16H15N3. The fourth-order valence-corrected chi connectivity index (χ4v) is 2.12. The average Bonchev–Trinajstić information content (AvgIpc) is 2.46. The van der Waals surface area contributed by atoms with Crippen molar-refractivity contribution in [3.05, 3.63) is 66.1 Å². The molecule has 0 aliphatic rings. The number of para-hydroxylation sites is 1. The summed E-state index contributed by atoms with van der Waals surface area (Å²) in [6, 6.07) is 12.2. The topological polar surface area (TPSA) is 37.8 Å². The van der Waals surface area contributed by atoms with Gasteiger partial charge >= 0.3 is 0 Å². The van der Waals surface area contributed by atoms with Gasteiger partial charge in [0.15, 0.2) is 0 Å². The van der Waals surface area contributed by atoms with E-state index in [1.807, 2.05) is 36.8 Å². The summed E-state index contributed by atoms with van der Waals surface area (Å²) >= 11 is 0. The molecule has 3 heteroatoms. The maximum atomic E-state index is 4.44. The lowest BCUT2D eigenvalue weighted by Crippen LogP contribution is -2.02. The third kappa shape index (κ3) is 2.40. The average molecular weight is 249 g/mol. The molecule has 0 bridgehead atoms. The van der Waals surface area contributed by atoms with E-state index in [2.05, 4.69) is 40.4 Å². The molecule has 1 N–H and O–H groups in total. The summed E-state index contributed by atoms with van der Waals surface area (Å²) in [4.78, 5) is 8.60. The smallest absolute Gasteiger partial charge is 0.0933 e. The maximum absolute atomic E-state index is 4.44. The van der Waals surface area contributed by atoms with Crippen LogP contribution >= 0.6 is 0 Å². The van der Waals surface area contributed by atoms with Gasteiger partial charge in [-0.25, -0.2) is 0 Å². The number of benzene rings is 1. The Morgan fingerprint density at radius 1 is 1.05 bits per heavy atom. The van der Waals surface area contributed by atoms with Crippen LogP contribution in [0.15, 0.2) is 55.0 Å². The van der Waals surface area contributed by atoms with Crippen LogP contribution < -0.4 is 5.32 Å². The molecule has 2 heterocycles. The summed E-state index contributed by atoms with van der Waals surface area (Å²) in [6.07, 6.45) is 5.54. The minimum absolute atomic E-state index is 0.759. The molecule has 0 aliphatic heterocycles. The number of nitrogens with one attached hydrogen (secondary N) is 1. The van der Waals surface area contributed by atoms with E-state index >= 15 is 0 Å². The predicted molar refractivity (Wildman–Crippen MR) is 78.0 cm³/mol. The molecule has 0 unspecified atom stereocenters. The molecule has 0 saturated heterocycles. The Morgan fingerprint density at radius 3 is 2.84 bits per heavy atom. The van der Waals surface area contributed by atoms with Crippen LogP contribution in [-0.2, 0) is 6.54 Å². The molecule has 0 radical (unpaired) electrons. The van der Waals surface area contributed by atoms with Crippen molar-refractivity contribution >= 4 is 16.6 Å². The minimum atomic E-state index is 0.759. The monoisotopic (exact) mass is 249 g/mol. The largest absolute Gasteiger partial charge is 0.379 e. The normalized spacial score (nSPS) is 10.6. The van der Waals surface area contributed by atoms with E-state index in [4.69, 9.17) is 0 Å². The van der Waals surface area contributed by atoms with E-state index in [1.165, 1.54) is 11.1 Å². The van der Waals surface area contributed by atoms with Gasteiger partial charge in [0.2, 0.25) is 0 Å². The predicted octanol–water partition coefficient (Wildman–Crippen LogP) is 3.55. The first-order valence-corrected chi connectivity index (χ1v) is 6.32. The molecular weight excluding hydrogens is 234 g/mol. The SMILES string of the molecule is Cc1ccncc1CNc1cccc2cccnc12. The molecule has 94 valence electrons. The highest BCUT2D eigenvalue weighted by molar-refractivity contribution is 5.90. The van der Waals surface area contributed by atoms with Crippen molar-refractivity contribution in [1.82, 2.24) is 9.97 Å². The summed E-state index contributed by atoms with van der Waals surface area (Å²) in [5.74, 6) is 0. The standard InChI is InChI=1S/C16H15N3/c1-12-7-9-17-10-14(12)11-19-15-6-2-4-13-5-3-8-18-16(13)15/h2-10,19H,11H2,1H3. The molecule has 0 fully saturated rings. The van der Waals surface area contributed by atoms with Crippen molar-refractivity contribution < 1.29 is 0 Å². The van der Waals surface area contributed by atoms with E-state index in [0.717, 1.165) is 23.1 Å². The Bertz CT molecular complexity index is 702. The first kappa shape index (κ1) is 11.7. The van der Waals surface area contributed by atoms with Gasteiger partial charge in [0, 0.05) is 30.5 Å². The molecule has 3 rings (SSSR count). The molecule has 0 spiro atoms. The van der Waals surface area contributed by atoms with Gasteiger partial charge in [0.05, 0.1) is 11.2 Å². The van der Waals surface area contributed by atoms with Crippen LogP contribution in [0.5, 0.6) is 0 Å². The van der Waals surface area contributed by atoms with E-state index in [-0.39, 0.29) is 0 Å². The highest BCUT2D eigenvalue weighted by Crippen LogP contribution is 2.21. The maximum Gasteiger partial charge on any atom is 0.0933 e. The Balaban J connectivity index is 1.88. The van der Waals surface area contributed by atoms with Gasteiger partial charge in [-0.05, 0) is 36.2 Å². The van der Waals surface area contributed by atoms with Gasteiger partial charge in [-0.15, -0.1) is 0 Å². The zero-order chi connectivity index (χ0) is 13.1. The molecule has 1 aromatic carbocycles. The minimum Gasteiger partial charge on any atom is -0.379 e. The Labute approximate surface area is 112 Å². The number of hydrogen-bond donors (Lipinski definition) is 1. The van der Waals surface area contributed by atoms with Crippen molar-refractivity contribution in [1.29, 1.82) is 0 Å². The molecule has 0 aliphatic carbocycles. The molecule has 0 amide bonds. The van der Waals surface area contributed by atoms with Crippen LogP contribution in [0.25, 0.3) is 10.9 Å². The Hall–Kier alpha value is -2.42. The van der Waals surface area contributed by atoms with Gasteiger partial charge in [-0.2, -0.15) is 0 Å². The van der Waals surface area contributed by atoms with Crippen LogP contribution in [0.3, 0.4) is 0 Å². The number of nitrogens with zero attached hydrogens (tertiary/aromatic N) is 2. The summed E-state index contributed by atoms with van der Waals surface area (Å²) in [6.45, 7) is 2.86. The summed E-state index contributed by atoms with van der Waals surface area (Å²) in [5, 5.41) is 4.59. The molecule has 0 atom stereocenters. The quantitative estimate of drug-likeness (QED) is 0.771. The van der Waals surface area contributed by atoms with Crippen LogP contribution in [0.1, 0.15) is 11.1 Å². The zero-order valence-corrected chi connectivity index (χ0v) is 10.8. The fraction of sp³-hybridized carbons (Fsp3) is 0.125. The number of aromatic nitrogens is 2. The van der Waals surface area contributed by atoms with Crippen LogP contribution in [0.4, 0.5) is 5.69 Å². The number of hydrogen-bond acceptors (Lipinski definition) is 3. The second-order valence-electron chi connectivity index (χ2n) is 4.54. The van der Waals surface area contributed by atoms with Gasteiger partial charge in [0.1, 0.15) is 0 Å². The summed E-state index contributed by atoms with van der Waals surface area (Å²) in [5.41, 5.74) is 4.51. The van der Waals surface area contributed by atoms with E-state index in [1.54, 1.807) is 0 Å². The number of aryl methyl sites for hydroxylation is 1. The van der Waals surface area contributed by atoms with Gasteiger partial charge in [-0.1, -0.05) is 18.2 Å². The van der Waals surface area contributed by atoms with Crippen LogP contribution in [0.2, 0.25) is 0 Å². The van der Waals surface area contributed by atoms with Crippen molar-refractivity contribution in [2.24, 2.45) is 0 Å². The lowest BCUT2D eigenvalue weighted by atomic mass is 10.1. The Kier molecular flexibility index (Phi) is 3.11. The van der Waals surface area contributed by atoms with Crippen molar-refractivity contribution in [3.8, 4) is 0 Å². The van der Waals surface area contributed by atoms with Crippen molar-refractivity contribution in [2.75, 3.05) is 5.32 Å². The van der Waals surface area contributed by atoms with Gasteiger partial charge in [0.25, 0.3) is 0 Å². The lowest BCUT2D eigenvalue weighted by molar-refractivity contribution is 1.08. The third-order valence-corrected chi connectivity index (χ3v) is 3.25. The summed E-state index contributed by atoms with van der Waals surface area (Å²) < 4.78 is 0. The van der Waals surface area contributed by atoms with Gasteiger partial charge < -0.3 is 5.32 Å². The van der Waals surface area contributed by atoms with Crippen molar-refractivity contribution in [2.45, 2.75) is 13.5 Å². The number of anilines is 1. The fourth-order valence-electron chi connectivity index (χ4n) is 2.12. The molecule has 3 aromatic rings. The van der Waals surface area contributed by atoms with E-state index < -0.39 is 0 Å². The molecule has 19 heavy (non-hydrogen) atoms. The molecule has 0 saturated carbocycles. The first-order chi connectivity index (χ1) is 9.34. The molecule has 3 nitrogen and oxygen atoms in total. The number of fused-ring (bicyclic) bond motifs is 1. The highest BCUT2D eigenvalue weighted by Gasteiger charge is 2.02. The van der Waals surface area contributed by atoms with Crippen LogP contribution in [-0.4, -0.2) is 9.97 Å². The first-order valence-electron chi connectivity index (χ1n) is 6.32. The van der Waals surface area contributed by atoms with E-state index in [0.29, 0.717) is 0 Å². The summed E-state index contributed by atoms with van der Waals surface area (Å²) in [7, 11) is 0. The second kappa shape index (κ2) is 5.06. The lowest BCUT2D eigenvalue weighted by Gasteiger charge is -2.10. The van der Waals surface area contributed by atoms with Crippen molar-refractivity contribution in [3.63, 3.8) is 0 Å². The number of rotatable bonds is 3. The van der Waals surface area contributed by atoms with E-state index in [9.17, 15) is 0 Å². The second-order valence-corrected chi connectivity index (χ2v) is 4.54. The highest BCUT2D eigenvalue weighted by atomic mass is 14.9. The third-order valence-electron chi connectivity index (χ3n) is 3.25. The van der Waals surface area contributed by atoms with Crippen LogP contribution in [0, 0.1) is 6.92 Å².